The molecule has 0 aliphatic heterocycles. The fourth-order valence-corrected chi connectivity index (χ4v) is 2.23. The van der Waals surface area contributed by atoms with Gasteiger partial charge in [0.05, 0.1) is 6.26 Å². The average molecular weight is 370 g/mol. The predicted molar refractivity (Wildman–Crippen MR) is 79.8 cm³/mol. The number of aryl methyl sites for hydroxylation is 1. The van der Waals surface area contributed by atoms with Crippen LogP contribution in [0.5, 0.6) is 0 Å². The molecule has 0 aliphatic carbocycles. The molecule has 0 aromatic carbocycles. The van der Waals surface area contributed by atoms with E-state index in [9.17, 15) is 18.0 Å². The zero-order chi connectivity index (χ0) is 18.7. The lowest BCUT2D eigenvalue weighted by Gasteiger charge is -2.05. The zero-order valence-corrected chi connectivity index (χ0v) is 13.5. The van der Waals surface area contributed by atoms with Crippen LogP contribution >= 0.6 is 0 Å². The monoisotopic (exact) mass is 370 g/mol. The van der Waals surface area contributed by atoms with Crippen molar-refractivity contribution in [3.8, 4) is 11.6 Å². The third kappa shape index (κ3) is 3.76. The van der Waals surface area contributed by atoms with E-state index in [1.165, 1.54) is 13.2 Å². The van der Waals surface area contributed by atoms with E-state index in [1.807, 2.05) is 0 Å². The van der Waals surface area contributed by atoms with Gasteiger partial charge in [-0.15, -0.1) is 0 Å². The fourth-order valence-electron chi connectivity index (χ4n) is 2.23. The highest BCUT2D eigenvalue weighted by Crippen LogP contribution is 2.34. The van der Waals surface area contributed by atoms with Gasteiger partial charge in [-0.05, 0) is 18.6 Å². The fraction of sp³-hybridized carbons (Fsp3) is 0.333. The van der Waals surface area contributed by atoms with Crippen molar-refractivity contribution in [2.75, 3.05) is 5.32 Å². The minimum Gasteiger partial charge on any atom is -0.461 e. The molecule has 0 aliphatic rings. The Balaban J connectivity index is 1.61. The molecular weight excluding hydrogens is 357 g/mol. The highest BCUT2D eigenvalue weighted by atomic mass is 19.4. The van der Waals surface area contributed by atoms with Crippen molar-refractivity contribution < 1.29 is 31.4 Å². The van der Waals surface area contributed by atoms with Gasteiger partial charge >= 0.3 is 6.18 Å². The SMILES string of the molecule is CCc1c(C(F)(F)F)noc1NC(=O)CCc1nc(-c2ccco2)no1. The number of furan rings is 1. The molecule has 1 N–H and O–H groups in total. The second-order valence-electron chi connectivity index (χ2n) is 5.23. The number of hydrogen-bond acceptors (Lipinski definition) is 7. The minimum absolute atomic E-state index is 0.00409. The number of carbonyl (C=O) groups excluding carboxylic acids is 1. The summed E-state index contributed by atoms with van der Waals surface area (Å²) in [5.41, 5.74) is -1.35. The van der Waals surface area contributed by atoms with Gasteiger partial charge in [0.25, 0.3) is 0 Å². The Morgan fingerprint density at radius 2 is 2.08 bits per heavy atom. The number of alkyl halides is 3. The lowest BCUT2D eigenvalue weighted by atomic mass is 10.1. The van der Waals surface area contributed by atoms with Crippen molar-refractivity contribution >= 4 is 11.8 Å². The molecule has 0 saturated carbocycles. The summed E-state index contributed by atoms with van der Waals surface area (Å²) in [6.45, 7) is 1.51. The molecule has 3 aromatic rings. The molecule has 0 spiro atoms. The summed E-state index contributed by atoms with van der Waals surface area (Å²) in [7, 11) is 0. The Hall–Kier alpha value is -3.11. The Morgan fingerprint density at radius 3 is 2.73 bits per heavy atom. The van der Waals surface area contributed by atoms with Crippen molar-refractivity contribution in [1.29, 1.82) is 0 Å². The molecule has 0 radical (unpaired) electrons. The van der Waals surface area contributed by atoms with Crippen LogP contribution in [-0.4, -0.2) is 21.2 Å². The highest BCUT2D eigenvalue weighted by molar-refractivity contribution is 5.90. The first-order chi connectivity index (χ1) is 12.4. The molecular formula is C15H13F3N4O4. The summed E-state index contributed by atoms with van der Waals surface area (Å²) in [5, 5.41) is 8.99. The number of carbonyl (C=O) groups is 1. The first-order valence-corrected chi connectivity index (χ1v) is 7.60. The topological polar surface area (TPSA) is 107 Å². The first kappa shape index (κ1) is 17.7. The van der Waals surface area contributed by atoms with Crippen LogP contribution in [0.15, 0.2) is 31.9 Å². The van der Waals surface area contributed by atoms with Gasteiger partial charge in [0.15, 0.2) is 11.5 Å². The van der Waals surface area contributed by atoms with Gasteiger partial charge in [-0.3, -0.25) is 10.1 Å². The van der Waals surface area contributed by atoms with Crippen LogP contribution in [0.3, 0.4) is 0 Å². The van der Waals surface area contributed by atoms with Crippen LogP contribution in [0, 0.1) is 0 Å². The van der Waals surface area contributed by atoms with Crippen LogP contribution < -0.4 is 5.32 Å². The van der Waals surface area contributed by atoms with Crippen LogP contribution in [0.2, 0.25) is 0 Å². The third-order valence-electron chi connectivity index (χ3n) is 3.44. The molecule has 3 heterocycles. The summed E-state index contributed by atoms with van der Waals surface area (Å²) in [5.74, 6) is -0.0353. The second kappa shape index (κ2) is 7.02. The molecule has 3 rings (SSSR count). The van der Waals surface area contributed by atoms with Gasteiger partial charge in [-0.2, -0.15) is 18.2 Å². The normalized spacial score (nSPS) is 11.7. The average Bonchev–Trinajstić information content (AvgIpc) is 3.31. The van der Waals surface area contributed by atoms with E-state index >= 15 is 0 Å². The van der Waals surface area contributed by atoms with Crippen LogP contribution in [0.25, 0.3) is 11.6 Å². The van der Waals surface area contributed by atoms with Gasteiger partial charge in [-0.1, -0.05) is 17.2 Å². The maximum absolute atomic E-state index is 12.8. The molecule has 3 aromatic heterocycles. The number of nitrogens with one attached hydrogen (secondary N) is 1. The van der Waals surface area contributed by atoms with E-state index in [0.29, 0.717) is 5.76 Å². The van der Waals surface area contributed by atoms with Gasteiger partial charge in [0, 0.05) is 18.4 Å². The molecule has 0 bridgehead atoms. The lowest BCUT2D eigenvalue weighted by Crippen LogP contribution is -2.14. The number of halogens is 3. The van der Waals surface area contributed by atoms with E-state index in [0.717, 1.165) is 0 Å². The minimum atomic E-state index is -4.65. The molecule has 8 nitrogen and oxygen atoms in total. The smallest absolute Gasteiger partial charge is 0.437 e. The first-order valence-electron chi connectivity index (χ1n) is 7.60. The van der Waals surface area contributed by atoms with Gasteiger partial charge in [-0.25, -0.2) is 0 Å². The molecule has 0 saturated heterocycles. The van der Waals surface area contributed by atoms with Crippen molar-refractivity contribution in [3.63, 3.8) is 0 Å². The number of nitrogens with zero attached hydrogens (tertiary/aromatic N) is 3. The van der Waals surface area contributed by atoms with Gasteiger partial charge < -0.3 is 13.5 Å². The van der Waals surface area contributed by atoms with Crippen molar-refractivity contribution in [2.45, 2.75) is 32.4 Å². The van der Waals surface area contributed by atoms with Crippen LogP contribution in [0.1, 0.15) is 30.5 Å². The molecule has 0 fully saturated rings. The summed E-state index contributed by atoms with van der Waals surface area (Å²) in [4.78, 5) is 16.0. The highest BCUT2D eigenvalue weighted by Gasteiger charge is 2.39. The van der Waals surface area contributed by atoms with Gasteiger partial charge in [0.1, 0.15) is 0 Å². The molecule has 0 unspecified atom stereocenters. The molecule has 138 valence electrons. The maximum atomic E-state index is 12.8. The number of aromatic nitrogens is 3. The summed E-state index contributed by atoms with van der Waals surface area (Å²) in [6, 6.07) is 3.31. The van der Waals surface area contributed by atoms with E-state index in [1.54, 1.807) is 12.1 Å². The Kier molecular flexibility index (Phi) is 4.78. The molecule has 1 amide bonds. The predicted octanol–water partition coefficient (Wildman–Crippen LogP) is 3.47. The van der Waals surface area contributed by atoms with Crippen molar-refractivity contribution in [1.82, 2.24) is 15.3 Å². The number of anilines is 1. The van der Waals surface area contributed by atoms with E-state index in [-0.39, 0.29) is 42.4 Å². The molecule has 26 heavy (non-hydrogen) atoms. The quantitative estimate of drug-likeness (QED) is 0.708. The van der Waals surface area contributed by atoms with Gasteiger partial charge in [0.2, 0.25) is 23.5 Å². The van der Waals surface area contributed by atoms with Crippen LogP contribution in [0.4, 0.5) is 19.1 Å². The van der Waals surface area contributed by atoms with E-state index in [4.69, 9.17) is 8.94 Å². The van der Waals surface area contributed by atoms with Crippen molar-refractivity contribution in [2.24, 2.45) is 0 Å². The number of amides is 1. The Morgan fingerprint density at radius 1 is 1.27 bits per heavy atom. The summed E-state index contributed by atoms with van der Waals surface area (Å²) in [6.07, 6.45) is -3.18. The summed E-state index contributed by atoms with van der Waals surface area (Å²) >= 11 is 0. The van der Waals surface area contributed by atoms with Crippen LogP contribution in [-0.2, 0) is 23.8 Å². The Bertz CT molecular complexity index is 883. The standard InChI is InChI=1S/C15H13F3N4O4/c1-2-8-12(15(16,17)18)21-26-14(8)19-10(23)5-6-11-20-13(22-25-11)9-4-3-7-24-9/h3-4,7H,2,5-6H2,1H3,(H,19,23). The zero-order valence-electron chi connectivity index (χ0n) is 13.5. The number of hydrogen-bond donors (Lipinski definition) is 1. The maximum Gasteiger partial charge on any atom is 0.437 e. The summed E-state index contributed by atoms with van der Waals surface area (Å²) < 4.78 is 53.1. The largest absolute Gasteiger partial charge is 0.461 e. The lowest BCUT2D eigenvalue weighted by molar-refractivity contribution is -0.143. The third-order valence-corrected chi connectivity index (χ3v) is 3.44. The Labute approximate surface area is 144 Å². The molecule has 11 heteroatoms. The van der Waals surface area contributed by atoms with E-state index < -0.39 is 17.8 Å². The van der Waals surface area contributed by atoms with E-state index in [2.05, 4.69) is 25.1 Å². The molecule has 0 atom stereocenters. The van der Waals surface area contributed by atoms with Crippen molar-refractivity contribution in [3.05, 3.63) is 35.5 Å². The number of rotatable bonds is 6. The second-order valence-corrected chi connectivity index (χ2v) is 5.23.